The van der Waals surface area contributed by atoms with Crippen molar-refractivity contribution >= 4 is 23.4 Å². The van der Waals surface area contributed by atoms with Crippen LogP contribution in [0.5, 0.6) is 5.75 Å². The average molecular weight is 487 g/mol. The van der Waals surface area contributed by atoms with Crippen LogP contribution in [0.2, 0.25) is 0 Å². The highest BCUT2D eigenvalue weighted by Crippen LogP contribution is 2.31. The van der Waals surface area contributed by atoms with Crippen molar-refractivity contribution in [1.29, 1.82) is 0 Å². The fraction of sp³-hybridized carbons (Fsp3) is 0.154. The van der Waals surface area contributed by atoms with Crippen LogP contribution in [0.4, 0.5) is 0 Å². The molecule has 35 heavy (non-hydrogen) atoms. The molecule has 1 aliphatic heterocycles. The zero-order valence-corrected chi connectivity index (χ0v) is 20.1. The molecule has 0 unspecified atom stereocenters. The number of carbonyl (C=O) groups excluding carboxylic acids is 1. The molecule has 3 heterocycles. The van der Waals surface area contributed by atoms with E-state index in [1.165, 1.54) is 18.4 Å². The van der Waals surface area contributed by atoms with E-state index in [1.54, 1.807) is 43.0 Å². The summed E-state index contributed by atoms with van der Waals surface area (Å²) in [5.41, 5.74) is 3.90. The SMILES string of the molecule is COC(=O)C1=C(C)N=c2s/c(=C/c3cn[nH]c3-c3ccccc3)c(=O)n2[C@H]1c1ccc(OC)cc1. The number of carbonyl (C=O) groups is 1. The molecule has 176 valence electrons. The molecule has 8 nitrogen and oxygen atoms in total. The van der Waals surface area contributed by atoms with Crippen LogP contribution in [-0.2, 0) is 9.53 Å². The first-order valence-corrected chi connectivity index (χ1v) is 11.7. The molecule has 1 atom stereocenters. The third-order valence-electron chi connectivity index (χ3n) is 5.88. The van der Waals surface area contributed by atoms with Gasteiger partial charge in [-0.05, 0) is 30.7 Å². The van der Waals surface area contributed by atoms with Crippen LogP contribution in [0.15, 0.2) is 81.9 Å². The lowest BCUT2D eigenvalue weighted by Gasteiger charge is -2.24. The fourth-order valence-electron chi connectivity index (χ4n) is 4.18. The van der Waals surface area contributed by atoms with Gasteiger partial charge < -0.3 is 9.47 Å². The molecule has 0 saturated carbocycles. The highest BCUT2D eigenvalue weighted by molar-refractivity contribution is 7.07. The molecule has 0 spiro atoms. The second-order valence-electron chi connectivity index (χ2n) is 7.91. The maximum Gasteiger partial charge on any atom is 0.338 e. The Labute approximate surface area is 204 Å². The Hall–Kier alpha value is -4.24. The van der Waals surface area contributed by atoms with Gasteiger partial charge in [-0.1, -0.05) is 53.8 Å². The number of aromatic nitrogens is 3. The minimum Gasteiger partial charge on any atom is -0.497 e. The summed E-state index contributed by atoms with van der Waals surface area (Å²) in [6.07, 6.45) is 3.49. The maximum absolute atomic E-state index is 13.7. The quantitative estimate of drug-likeness (QED) is 0.438. The monoisotopic (exact) mass is 486 g/mol. The van der Waals surface area contributed by atoms with Crippen LogP contribution in [0.3, 0.4) is 0 Å². The number of thiazole rings is 1. The number of nitrogens with one attached hydrogen (secondary N) is 1. The lowest BCUT2D eigenvalue weighted by molar-refractivity contribution is -0.136. The Morgan fingerprint density at radius 3 is 2.54 bits per heavy atom. The molecule has 2 aromatic carbocycles. The van der Waals surface area contributed by atoms with Gasteiger partial charge in [0.25, 0.3) is 5.56 Å². The minimum atomic E-state index is -0.676. The summed E-state index contributed by atoms with van der Waals surface area (Å²) in [6.45, 7) is 1.75. The molecular weight excluding hydrogens is 464 g/mol. The smallest absolute Gasteiger partial charge is 0.338 e. The number of ether oxygens (including phenoxy) is 2. The molecule has 1 aliphatic rings. The zero-order chi connectivity index (χ0) is 24.5. The minimum absolute atomic E-state index is 0.247. The van der Waals surface area contributed by atoms with Gasteiger partial charge in [0.15, 0.2) is 4.80 Å². The number of nitrogens with zero attached hydrogens (tertiary/aromatic N) is 3. The number of aromatic amines is 1. The third kappa shape index (κ3) is 4.00. The first-order chi connectivity index (χ1) is 17.0. The Kier molecular flexibility index (Phi) is 5.92. The van der Waals surface area contributed by atoms with Crippen LogP contribution in [0.1, 0.15) is 24.1 Å². The van der Waals surface area contributed by atoms with Gasteiger partial charge in [-0.3, -0.25) is 14.5 Å². The second-order valence-corrected chi connectivity index (χ2v) is 8.92. The number of rotatable bonds is 5. The Bertz CT molecular complexity index is 1610. The van der Waals surface area contributed by atoms with Gasteiger partial charge in [-0.2, -0.15) is 5.10 Å². The summed E-state index contributed by atoms with van der Waals surface area (Å²) in [5, 5.41) is 7.19. The molecule has 0 fully saturated rings. The van der Waals surface area contributed by atoms with Gasteiger partial charge in [-0.25, -0.2) is 9.79 Å². The van der Waals surface area contributed by atoms with E-state index in [9.17, 15) is 9.59 Å². The van der Waals surface area contributed by atoms with Gasteiger partial charge in [0.1, 0.15) is 5.75 Å². The first kappa shape index (κ1) is 22.5. The highest BCUT2D eigenvalue weighted by atomic mass is 32.1. The Morgan fingerprint density at radius 2 is 1.86 bits per heavy atom. The topological polar surface area (TPSA) is 98.6 Å². The van der Waals surface area contributed by atoms with E-state index in [0.717, 1.165) is 22.4 Å². The van der Waals surface area contributed by atoms with Crippen LogP contribution in [0, 0.1) is 0 Å². The largest absolute Gasteiger partial charge is 0.497 e. The van der Waals surface area contributed by atoms with Crippen molar-refractivity contribution in [3.05, 3.63) is 103 Å². The van der Waals surface area contributed by atoms with E-state index in [1.807, 2.05) is 42.5 Å². The van der Waals surface area contributed by atoms with Gasteiger partial charge >= 0.3 is 5.97 Å². The molecule has 9 heteroatoms. The van der Waals surface area contributed by atoms with Crippen molar-refractivity contribution in [2.24, 2.45) is 4.99 Å². The molecule has 0 saturated heterocycles. The van der Waals surface area contributed by atoms with Crippen molar-refractivity contribution < 1.29 is 14.3 Å². The van der Waals surface area contributed by atoms with Crippen LogP contribution in [-0.4, -0.2) is 35.0 Å². The van der Waals surface area contributed by atoms with E-state index >= 15 is 0 Å². The van der Waals surface area contributed by atoms with Gasteiger partial charge in [0.2, 0.25) is 0 Å². The maximum atomic E-state index is 13.7. The summed E-state index contributed by atoms with van der Waals surface area (Å²) < 4.78 is 12.4. The zero-order valence-electron chi connectivity index (χ0n) is 19.3. The molecular formula is C26H22N4O4S. The molecule has 0 amide bonds. The summed E-state index contributed by atoms with van der Waals surface area (Å²) in [5.74, 6) is 0.150. The summed E-state index contributed by atoms with van der Waals surface area (Å²) in [6, 6.07) is 16.4. The standard InChI is InChI=1S/C26H22N4O4S/c1-15-21(25(32)34-3)23(17-9-11-19(33-2)12-10-17)30-24(31)20(35-26(30)28-15)13-18-14-27-29-22(18)16-7-5-4-6-8-16/h4-14,23H,1-3H3,(H,27,29)/b20-13+/t23-/m0/s1. The summed E-state index contributed by atoms with van der Waals surface area (Å²) in [7, 11) is 2.91. The number of methoxy groups -OCH3 is 2. The van der Waals surface area contributed by atoms with Gasteiger partial charge in [-0.15, -0.1) is 0 Å². The van der Waals surface area contributed by atoms with Crippen molar-refractivity contribution in [1.82, 2.24) is 14.8 Å². The van der Waals surface area contributed by atoms with Crippen LogP contribution < -0.4 is 19.6 Å². The van der Waals surface area contributed by atoms with E-state index in [-0.39, 0.29) is 5.56 Å². The molecule has 2 aromatic heterocycles. The van der Waals surface area contributed by atoms with E-state index in [0.29, 0.717) is 26.4 Å². The molecule has 1 N–H and O–H groups in total. The second kappa shape index (κ2) is 9.19. The lowest BCUT2D eigenvalue weighted by atomic mass is 9.96. The highest BCUT2D eigenvalue weighted by Gasteiger charge is 2.33. The predicted octanol–water partition coefficient (Wildman–Crippen LogP) is 2.81. The number of H-pyrrole nitrogens is 1. The van der Waals surface area contributed by atoms with Gasteiger partial charge in [0.05, 0.1) is 48.0 Å². The normalized spacial score (nSPS) is 15.5. The molecule has 0 aliphatic carbocycles. The molecule has 4 aromatic rings. The van der Waals surface area contributed by atoms with Crippen LogP contribution in [0.25, 0.3) is 17.3 Å². The van der Waals surface area contributed by atoms with Crippen molar-refractivity contribution in [2.75, 3.05) is 14.2 Å². The number of allylic oxidation sites excluding steroid dienone is 1. The average Bonchev–Trinajstić information content (AvgIpc) is 3.47. The summed E-state index contributed by atoms with van der Waals surface area (Å²) >= 11 is 1.27. The van der Waals surface area contributed by atoms with Crippen molar-refractivity contribution in [2.45, 2.75) is 13.0 Å². The number of benzene rings is 2. The van der Waals surface area contributed by atoms with E-state index < -0.39 is 12.0 Å². The van der Waals surface area contributed by atoms with Crippen LogP contribution >= 0.6 is 11.3 Å². The lowest BCUT2D eigenvalue weighted by Crippen LogP contribution is -2.39. The summed E-state index contributed by atoms with van der Waals surface area (Å²) in [4.78, 5) is 31.6. The Balaban J connectivity index is 1.70. The van der Waals surface area contributed by atoms with Gasteiger partial charge in [0, 0.05) is 11.1 Å². The predicted molar refractivity (Wildman–Crippen MR) is 133 cm³/mol. The van der Waals surface area contributed by atoms with Crippen molar-refractivity contribution in [3.8, 4) is 17.0 Å². The number of esters is 1. The third-order valence-corrected chi connectivity index (χ3v) is 6.86. The molecule has 0 bridgehead atoms. The first-order valence-electron chi connectivity index (χ1n) is 10.9. The number of hydrogen-bond acceptors (Lipinski definition) is 7. The number of fused-ring (bicyclic) bond motifs is 1. The van der Waals surface area contributed by atoms with E-state index in [2.05, 4.69) is 15.2 Å². The van der Waals surface area contributed by atoms with E-state index in [4.69, 9.17) is 9.47 Å². The van der Waals surface area contributed by atoms with Crippen molar-refractivity contribution in [3.63, 3.8) is 0 Å². The fourth-order valence-corrected chi connectivity index (χ4v) is 5.21. The number of hydrogen-bond donors (Lipinski definition) is 1. The molecule has 0 radical (unpaired) electrons. The Morgan fingerprint density at radius 1 is 1.11 bits per heavy atom. The molecule has 5 rings (SSSR count).